The van der Waals surface area contributed by atoms with Crippen LogP contribution in [0, 0.1) is 5.82 Å². The Morgan fingerprint density at radius 1 is 1.14 bits per heavy atom. The van der Waals surface area contributed by atoms with Gasteiger partial charge in [-0.25, -0.2) is 22.6 Å². The zero-order chi connectivity index (χ0) is 26.1. The first kappa shape index (κ1) is 25.8. The van der Waals surface area contributed by atoms with Crippen LogP contribution in [0.15, 0.2) is 42.5 Å². The Morgan fingerprint density at radius 3 is 2.31 bits per heavy atom. The fourth-order valence-electron chi connectivity index (χ4n) is 3.43. The first-order chi connectivity index (χ1) is 16.3. The van der Waals surface area contributed by atoms with Gasteiger partial charge in [0.25, 0.3) is 12.3 Å². The van der Waals surface area contributed by atoms with E-state index in [1.165, 1.54) is 57.3 Å². The number of hydrogen-bond donors (Lipinski definition) is 3. The van der Waals surface area contributed by atoms with Gasteiger partial charge in [-0.05, 0) is 56.7 Å². The summed E-state index contributed by atoms with van der Waals surface area (Å²) in [4.78, 5) is 24.1. The van der Waals surface area contributed by atoms with Gasteiger partial charge in [-0.2, -0.15) is 5.10 Å². The fourth-order valence-corrected chi connectivity index (χ4v) is 3.43. The number of carboxylic acids is 1. The average molecular weight is 491 g/mol. The van der Waals surface area contributed by atoms with Crippen LogP contribution in [0.1, 0.15) is 70.8 Å². The summed E-state index contributed by atoms with van der Waals surface area (Å²) in [6, 6.07) is 8.54. The molecule has 3 rings (SSSR count). The molecule has 3 N–H and O–H groups in total. The lowest BCUT2D eigenvalue weighted by atomic mass is 9.98. The van der Waals surface area contributed by atoms with Gasteiger partial charge in [-0.3, -0.25) is 4.79 Å². The predicted molar refractivity (Wildman–Crippen MR) is 119 cm³/mol. The minimum atomic E-state index is -3.09. The minimum Gasteiger partial charge on any atom is -0.478 e. The second-order valence-electron chi connectivity index (χ2n) is 8.41. The molecule has 0 aliphatic rings. The maximum Gasteiger partial charge on any atom is 0.335 e. The van der Waals surface area contributed by atoms with Crippen molar-refractivity contribution < 1.29 is 37.7 Å². The topological polar surface area (TPSA) is 114 Å². The van der Waals surface area contributed by atoms with Crippen LogP contribution in [-0.2, 0) is 12.6 Å². The van der Waals surface area contributed by atoms with E-state index in [9.17, 15) is 27.9 Å². The Balaban J connectivity index is 1.95. The van der Waals surface area contributed by atoms with Gasteiger partial charge in [-0.1, -0.05) is 12.1 Å². The molecule has 1 atom stereocenters. The monoisotopic (exact) mass is 491 g/mol. The third kappa shape index (κ3) is 5.62. The van der Waals surface area contributed by atoms with Crippen molar-refractivity contribution in [2.45, 2.75) is 38.8 Å². The second kappa shape index (κ2) is 9.79. The van der Waals surface area contributed by atoms with Crippen LogP contribution in [0.4, 0.5) is 13.2 Å². The summed E-state index contributed by atoms with van der Waals surface area (Å²) in [5, 5.41) is 25.5. The lowest BCUT2D eigenvalue weighted by Gasteiger charge is -2.20. The highest BCUT2D eigenvalue weighted by Gasteiger charge is 2.31. The molecule has 186 valence electrons. The number of rotatable bonds is 8. The predicted octanol–water partition coefficient (Wildman–Crippen LogP) is 4.71. The first-order valence-electron chi connectivity index (χ1n) is 10.5. The normalized spacial score (nSPS) is 12.5. The number of aliphatic hydroxyl groups is 1. The van der Waals surface area contributed by atoms with Crippen LogP contribution in [0.3, 0.4) is 0 Å². The molecule has 1 unspecified atom stereocenters. The second-order valence-corrected chi connectivity index (χ2v) is 8.41. The smallest absolute Gasteiger partial charge is 0.335 e. The third-order valence-electron chi connectivity index (χ3n) is 5.27. The molecule has 2 aromatic carbocycles. The summed E-state index contributed by atoms with van der Waals surface area (Å²) in [6.07, 6.45) is -3.09. The molecule has 0 saturated heterocycles. The Hall–Kier alpha value is -3.86. The lowest BCUT2D eigenvalue weighted by molar-refractivity contribution is 0.0695. The van der Waals surface area contributed by atoms with Crippen molar-refractivity contribution in [3.05, 3.63) is 76.2 Å². The van der Waals surface area contributed by atoms with Gasteiger partial charge < -0.3 is 20.3 Å². The quantitative estimate of drug-likeness (QED) is 0.421. The number of aromatic nitrogens is 2. The number of ether oxygens (including phenoxy) is 1. The van der Waals surface area contributed by atoms with E-state index in [1.807, 2.05) is 0 Å². The summed E-state index contributed by atoms with van der Waals surface area (Å²) >= 11 is 0. The number of nitrogens with one attached hydrogen (secondary N) is 1. The zero-order valence-corrected chi connectivity index (χ0v) is 19.3. The van der Waals surface area contributed by atoms with Crippen molar-refractivity contribution >= 4 is 11.9 Å². The van der Waals surface area contributed by atoms with E-state index in [-0.39, 0.29) is 22.8 Å². The summed E-state index contributed by atoms with van der Waals surface area (Å²) in [7, 11) is 1.31. The molecule has 3 aromatic rings. The average Bonchev–Trinajstić information content (AvgIpc) is 3.10. The number of alkyl halides is 2. The molecule has 11 heteroatoms. The molecular formula is C24H24F3N3O5. The largest absolute Gasteiger partial charge is 0.478 e. The van der Waals surface area contributed by atoms with Gasteiger partial charge >= 0.3 is 5.97 Å². The number of carbonyl (C=O) groups is 2. The van der Waals surface area contributed by atoms with E-state index < -0.39 is 47.0 Å². The van der Waals surface area contributed by atoms with E-state index in [4.69, 9.17) is 9.84 Å². The molecule has 0 bridgehead atoms. The Morgan fingerprint density at radius 2 is 1.77 bits per heavy atom. The van der Waals surface area contributed by atoms with Crippen LogP contribution in [0.2, 0.25) is 0 Å². The molecule has 1 amide bonds. The van der Waals surface area contributed by atoms with Gasteiger partial charge in [0.2, 0.25) is 5.88 Å². The molecule has 0 aliphatic heterocycles. The van der Waals surface area contributed by atoms with E-state index in [1.54, 1.807) is 6.92 Å². The van der Waals surface area contributed by atoms with Crippen LogP contribution in [0.5, 0.6) is 11.6 Å². The van der Waals surface area contributed by atoms with E-state index in [0.717, 1.165) is 10.7 Å². The number of carbonyl (C=O) groups excluding carboxylic acids is 1. The van der Waals surface area contributed by atoms with Crippen molar-refractivity contribution in [3.63, 3.8) is 0 Å². The minimum absolute atomic E-state index is 0.00120. The standard InChI is InChI=1S/C24H24F3N3O5/c1-12(13-5-7-14(8-6-13)23(32)33)28-21(31)18-19(20(26)27)29-30(4)22(18)35-15-9-10-17(25)16(11-15)24(2,3)34/h5-12,20,34H,1-4H3,(H,28,31)(H,32,33). The van der Waals surface area contributed by atoms with Crippen LogP contribution in [0.25, 0.3) is 0 Å². The van der Waals surface area contributed by atoms with E-state index >= 15 is 0 Å². The van der Waals surface area contributed by atoms with Gasteiger partial charge in [0, 0.05) is 12.6 Å². The third-order valence-corrected chi connectivity index (χ3v) is 5.27. The summed E-state index contributed by atoms with van der Waals surface area (Å²) in [5.41, 5.74) is -2.35. The summed E-state index contributed by atoms with van der Waals surface area (Å²) in [6.45, 7) is 4.34. The summed E-state index contributed by atoms with van der Waals surface area (Å²) in [5.74, 6) is -3.01. The molecule has 0 saturated carbocycles. The lowest BCUT2D eigenvalue weighted by Crippen LogP contribution is -2.27. The van der Waals surface area contributed by atoms with E-state index in [0.29, 0.717) is 5.56 Å². The maximum absolute atomic E-state index is 14.1. The zero-order valence-electron chi connectivity index (χ0n) is 19.3. The van der Waals surface area contributed by atoms with Crippen molar-refractivity contribution in [3.8, 4) is 11.6 Å². The number of carboxylic acid groups (broad SMARTS) is 1. The van der Waals surface area contributed by atoms with Crippen LogP contribution < -0.4 is 10.1 Å². The molecule has 0 spiro atoms. The number of aryl methyl sites for hydroxylation is 1. The van der Waals surface area contributed by atoms with Gasteiger partial charge in [0.15, 0.2) is 0 Å². The molecule has 0 aliphatic carbocycles. The highest BCUT2D eigenvalue weighted by Crippen LogP contribution is 2.35. The first-order valence-corrected chi connectivity index (χ1v) is 10.5. The number of amides is 1. The molecule has 0 radical (unpaired) electrons. The summed E-state index contributed by atoms with van der Waals surface area (Å²) < 4.78 is 48.2. The van der Waals surface area contributed by atoms with Gasteiger partial charge in [0.1, 0.15) is 22.8 Å². The highest BCUT2D eigenvalue weighted by atomic mass is 19.3. The SMILES string of the molecule is CC(NC(=O)c1c(C(F)F)nn(C)c1Oc1ccc(F)c(C(C)(C)O)c1)c1ccc(C(=O)O)cc1. The number of hydrogen-bond acceptors (Lipinski definition) is 5. The van der Waals surface area contributed by atoms with Crippen molar-refractivity contribution in [1.82, 2.24) is 15.1 Å². The van der Waals surface area contributed by atoms with Crippen LogP contribution >= 0.6 is 0 Å². The molecule has 1 aromatic heterocycles. The number of nitrogens with zero attached hydrogens (tertiary/aromatic N) is 2. The van der Waals surface area contributed by atoms with E-state index in [2.05, 4.69) is 10.4 Å². The molecule has 35 heavy (non-hydrogen) atoms. The van der Waals surface area contributed by atoms with Gasteiger partial charge in [0.05, 0.1) is 17.2 Å². The van der Waals surface area contributed by atoms with Crippen molar-refractivity contribution in [2.75, 3.05) is 0 Å². The van der Waals surface area contributed by atoms with Crippen LogP contribution in [-0.4, -0.2) is 31.9 Å². The molecule has 1 heterocycles. The molecule has 8 nitrogen and oxygen atoms in total. The highest BCUT2D eigenvalue weighted by molar-refractivity contribution is 5.98. The Kier molecular flexibility index (Phi) is 7.20. The number of aromatic carboxylic acids is 1. The number of benzene rings is 2. The number of halogens is 3. The van der Waals surface area contributed by atoms with Gasteiger partial charge in [-0.15, -0.1) is 0 Å². The Labute approximate surface area is 199 Å². The fraction of sp³-hybridized carbons (Fsp3) is 0.292. The maximum atomic E-state index is 14.1. The van der Waals surface area contributed by atoms with Crippen molar-refractivity contribution in [2.24, 2.45) is 7.05 Å². The molecule has 0 fully saturated rings. The molecular weight excluding hydrogens is 467 g/mol. The van der Waals surface area contributed by atoms with Crippen molar-refractivity contribution in [1.29, 1.82) is 0 Å². The Bertz CT molecular complexity index is 1250.